The quantitative estimate of drug-likeness (QED) is 0.761. The normalized spacial score (nSPS) is 29.1. The zero-order chi connectivity index (χ0) is 13.5. The van der Waals surface area contributed by atoms with E-state index >= 15 is 0 Å². The highest BCUT2D eigenvalue weighted by Gasteiger charge is 2.21. The van der Waals surface area contributed by atoms with E-state index in [-0.39, 0.29) is 0 Å². The van der Waals surface area contributed by atoms with E-state index in [1.165, 1.54) is 77.3 Å². The molecule has 0 aromatic heterocycles. The molecule has 1 unspecified atom stereocenters. The maximum atomic E-state index is 3.82. The molecule has 19 heavy (non-hydrogen) atoms. The average molecular weight is 266 g/mol. The first kappa shape index (κ1) is 15.3. The lowest BCUT2D eigenvalue weighted by Gasteiger charge is -2.33. The van der Waals surface area contributed by atoms with Crippen LogP contribution in [0.5, 0.6) is 0 Å². The van der Waals surface area contributed by atoms with Crippen molar-refractivity contribution < 1.29 is 0 Å². The molecule has 2 aliphatic rings. The van der Waals surface area contributed by atoms with Gasteiger partial charge in [0.1, 0.15) is 0 Å². The predicted octanol–water partition coefficient (Wildman–Crippen LogP) is 3.81. The number of nitrogens with zero attached hydrogens (tertiary/aromatic N) is 1. The van der Waals surface area contributed by atoms with E-state index < -0.39 is 0 Å². The van der Waals surface area contributed by atoms with Crippen molar-refractivity contribution in [3.63, 3.8) is 0 Å². The van der Waals surface area contributed by atoms with Crippen LogP contribution in [0.1, 0.15) is 71.1 Å². The van der Waals surface area contributed by atoms with Crippen molar-refractivity contribution in [2.75, 3.05) is 20.1 Å². The molecule has 112 valence electrons. The molecule has 0 bridgehead atoms. The maximum Gasteiger partial charge on any atom is 0.0104 e. The van der Waals surface area contributed by atoms with Gasteiger partial charge in [0.15, 0.2) is 0 Å². The minimum absolute atomic E-state index is 0.729. The zero-order valence-electron chi connectivity index (χ0n) is 13.2. The Morgan fingerprint density at radius 1 is 1.00 bits per heavy atom. The van der Waals surface area contributed by atoms with Crippen molar-refractivity contribution in [3.8, 4) is 0 Å². The molecule has 2 rings (SSSR count). The lowest BCUT2D eigenvalue weighted by molar-refractivity contribution is 0.173. The Morgan fingerprint density at radius 3 is 2.37 bits per heavy atom. The third-order valence-electron chi connectivity index (χ3n) is 5.47. The van der Waals surface area contributed by atoms with E-state index in [2.05, 4.69) is 24.2 Å². The first-order valence-electron chi connectivity index (χ1n) is 8.71. The molecule has 2 atom stereocenters. The molecule has 1 aliphatic heterocycles. The summed E-state index contributed by atoms with van der Waals surface area (Å²) in [6.45, 7) is 4.94. The van der Waals surface area contributed by atoms with E-state index in [4.69, 9.17) is 0 Å². The van der Waals surface area contributed by atoms with Gasteiger partial charge >= 0.3 is 0 Å². The average Bonchev–Trinajstić information content (AvgIpc) is 2.70. The Hall–Kier alpha value is -0.0800. The van der Waals surface area contributed by atoms with Crippen molar-refractivity contribution in [2.24, 2.45) is 5.92 Å². The van der Waals surface area contributed by atoms with Gasteiger partial charge in [-0.15, -0.1) is 0 Å². The number of nitrogens with one attached hydrogen (secondary N) is 1. The molecule has 0 amide bonds. The Bertz CT molecular complexity index is 233. The number of likely N-dealkylation sites (tertiary alicyclic amines) is 1. The van der Waals surface area contributed by atoms with Crippen LogP contribution in [-0.2, 0) is 0 Å². The molecule has 2 nitrogen and oxygen atoms in total. The van der Waals surface area contributed by atoms with Crippen molar-refractivity contribution in [1.82, 2.24) is 10.2 Å². The predicted molar refractivity (Wildman–Crippen MR) is 83.5 cm³/mol. The molecular formula is C17H34N2. The van der Waals surface area contributed by atoms with E-state index in [0.29, 0.717) is 0 Å². The second kappa shape index (κ2) is 8.26. The number of hydrogen-bond acceptors (Lipinski definition) is 2. The van der Waals surface area contributed by atoms with Crippen LogP contribution in [0.15, 0.2) is 0 Å². The van der Waals surface area contributed by atoms with E-state index in [9.17, 15) is 0 Å². The fourth-order valence-electron chi connectivity index (χ4n) is 3.96. The molecule has 1 N–H and O–H groups in total. The second-order valence-electron chi connectivity index (χ2n) is 6.91. The van der Waals surface area contributed by atoms with Gasteiger partial charge in [-0.05, 0) is 65.1 Å². The summed E-state index contributed by atoms with van der Waals surface area (Å²) in [5.74, 6) is 0.937. The smallest absolute Gasteiger partial charge is 0.0104 e. The van der Waals surface area contributed by atoms with Crippen molar-refractivity contribution in [1.29, 1.82) is 0 Å². The molecule has 0 spiro atoms. The number of rotatable bonds is 5. The topological polar surface area (TPSA) is 15.3 Å². The van der Waals surface area contributed by atoms with Crippen molar-refractivity contribution in [2.45, 2.75) is 83.2 Å². The highest BCUT2D eigenvalue weighted by molar-refractivity contribution is 4.78. The summed E-state index contributed by atoms with van der Waals surface area (Å²) < 4.78 is 0. The summed E-state index contributed by atoms with van der Waals surface area (Å²) in [6, 6.07) is 1.56. The Labute approximate surface area is 120 Å². The molecule has 1 saturated carbocycles. The number of hydrogen-bond donors (Lipinski definition) is 1. The van der Waals surface area contributed by atoms with Crippen LogP contribution in [0, 0.1) is 5.92 Å². The molecule has 2 heteroatoms. The molecule has 1 aliphatic carbocycles. The maximum absolute atomic E-state index is 3.82. The molecule has 1 saturated heterocycles. The van der Waals surface area contributed by atoms with Crippen molar-refractivity contribution >= 4 is 0 Å². The fraction of sp³-hybridized carbons (Fsp3) is 1.00. The Morgan fingerprint density at radius 2 is 1.68 bits per heavy atom. The third kappa shape index (κ3) is 5.07. The van der Waals surface area contributed by atoms with Crippen LogP contribution in [0.25, 0.3) is 0 Å². The summed E-state index contributed by atoms with van der Waals surface area (Å²) in [5, 5.41) is 3.82. The lowest BCUT2D eigenvalue weighted by atomic mass is 9.92. The van der Waals surface area contributed by atoms with Gasteiger partial charge in [0.25, 0.3) is 0 Å². The minimum atomic E-state index is 0.729. The van der Waals surface area contributed by atoms with Gasteiger partial charge in [0.05, 0.1) is 0 Å². The van der Waals surface area contributed by atoms with Gasteiger partial charge in [-0.1, -0.05) is 32.1 Å². The van der Waals surface area contributed by atoms with Gasteiger partial charge in [-0.25, -0.2) is 0 Å². The SMILES string of the molecule is C[C@H](NCCC1CCCCN1C)C1CCCCCC1. The van der Waals surface area contributed by atoms with Crippen LogP contribution in [0.3, 0.4) is 0 Å². The molecule has 1 heterocycles. The van der Waals surface area contributed by atoms with Crippen molar-refractivity contribution in [3.05, 3.63) is 0 Å². The Kier molecular flexibility index (Phi) is 6.66. The zero-order valence-corrected chi connectivity index (χ0v) is 13.2. The molecule has 2 fully saturated rings. The van der Waals surface area contributed by atoms with Gasteiger partial charge < -0.3 is 10.2 Å². The van der Waals surface area contributed by atoms with Crippen LogP contribution in [0.4, 0.5) is 0 Å². The fourth-order valence-corrected chi connectivity index (χ4v) is 3.96. The first-order chi connectivity index (χ1) is 9.27. The highest BCUT2D eigenvalue weighted by Crippen LogP contribution is 2.25. The largest absolute Gasteiger partial charge is 0.314 e. The van der Waals surface area contributed by atoms with Gasteiger partial charge in [0.2, 0.25) is 0 Å². The summed E-state index contributed by atoms with van der Waals surface area (Å²) >= 11 is 0. The van der Waals surface area contributed by atoms with E-state index in [1.54, 1.807) is 0 Å². The highest BCUT2D eigenvalue weighted by atomic mass is 15.1. The van der Waals surface area contributed by atoms with Gasteiger partial charge in [-0.3, -0.25) is 0 Å². The molecular weight excluding hydrogens is 232 g/mol. The van der Waals surface area contributed by atoms with Crippen LogP contribution in [0.2, 0.25) is 0 Å². The number of piperidine rings is 1. The van der Waals surface area contributed by atoms with Crippen LogP contribution < -0.4 is 5.32 Å². The summed E-state index contributed by atoms with van der Waals surface area (Å²) in [5.41, 5.74) is 0. The van der Waals surface area contributed by atoms with Gasteiger partial charge in [-0.2, -0.15) is 0 Å². The molecule has 0 aromatic rings. The minimum Gasteiger partial charge on any atom is -0.314 e. The van der Waals surface area contributed by atoms with Gasteiger partial charge in [0, 0.05) is 12.1 Å². The van der Waals surface area contributed by atoms with Crippen LogP contribution >= 0.6 is 0 Å². The summed E-state index contributed by atoms with van der Waals surface area (Å²) in [7, 11) is 2.30. The van der Waals surface area contributed by atoms with Crippen LogP contribution in [-0.4, -0.2) is 37.1 Å². The summed E-state index contributed by atoms with van der Waals surface area (Å²) in [4.78, 5) is 2.57. The lowest BCUT2D eigenvalue weighted by Crippen LogP contribution is -2.40. The first-order valence-corrected chi connectivity index (χ1v) is 8.71. The summed E-state index contributed by atoms with van der Waals surface area (Å²) in [6.07, 6.45) is 14.4. The van der Waals surface area contributed by atoms with E-state index in [0.717, 1.165) is 18.0 Å². The van der Waals surface area contributed by atoms with E-state index in [1.807, 2.05) is 0 Å². The molecule has 0 aromatic carbocycles. The Balaban J connectivity index is 1.63. The third-order valence-corrected chi connectivity index (χ3v) is 5.47. The second-order valence-corrected chi connectivity index (χ2v) is 6.91. The monoisotopic (exact) mass is 266 g/mol. The molecule has 0 radical (unpaired) electrons. The standard InChI is InChI=1S/C17H34N2/c1-15(16-9-5-3-4-6-10-16)18-13-12-17-11-7-8-14-19(17)2/h15-18H,3-14H2,1-2H3/t15-,17?/m0/s1.